The van der Waals surface area contributed by atoms with Crippen LogP contribution in [-0.4, -0.2) is 27.1 Å². The predicted molar refractivity (Wildman–Crippen MR) is 78.1 cm³/mol. The number of anilines is 1. The van der Waals surface area contributed by atoms with E-state index in [9.17, 15) is 13.2 Å². The number of benzene rings is 1. The molecule has 0 saturated heterocycles. The predicted octanol–water partition coefficient (Wildman–Crippen LogP) is 1.55. The van der Waals surface area contributed by atoms with Crippen molar-refractivity contribution in [3.63, 3.8) is 0 Å². The van der Waals surface area contributed by atoms with E-state index in [1.54, 1.807) is 12.1 Å². The zero-order valence-electron chi connectivity index (χ0n) is 11.6. The molecule has 110 valence electrons. The van der Waals surface area contributed by atoms with Gasteiger partial charge < -0.3 is 11.1 Å². The van der Waals surface area contributed by atoms with Gasteiger partial charge in [0.25, 0.3) is 0 Å². The summed E-state index contributed by atoms with van der Waals surface area (Å²) in [5.74, 6) is -0.0674. The Hall–Kier alpha value is -1.40. The van der Waals surface area contributed by atoms with Crippen LogP contribution >= 0.6 is 0 Å². The highest BCUT2D eigenvalue weighted by molar-refractivity contribution is 7.90. The number of nitrogens with two attached hydrogens (primary N) is 1. The Morgan fingerprint density at radius 3 is 2.30 bits per heavy atom. The summed E-state index contributed by atoms with van der Waals surface area (Å²) in [5.41, 5.74) is 6.31. The number of sulfone groups is 1. The molecule has 0 aliphatic heterocycles. The highest BCUT2D eigenvalue weighted by Crippen LogP contribution is 2.43. The molecule has 0 unspecified atom stereocenters. The van der Waals surface area contributed by atoms with Crippen LogP contribution in [0.15, 0.2) is 29.2 Å². The third-order valence-corrected chi connectivity index (χ3v) is 5.08. The van der Waals surface area contributed by atoms with Crippen LogP contribution < -0.4 is 11.1 Å². The van der Waals surface area contributed by atoms with Gasteiger partial charge in [-0.1, -0.05) is 6.42 Å². The minimum atomic E-state index is -3.20. The summed E-state index contributed by atoms with van der Waals surface area (Å²) in [6.45, 7) is 0.535. The van der Waals surface area contributed by atoms with Gasteiger partial charge in [-0.25, -0.2) is 8.42 Å². The van der Waals surface area contributed by atoms with Crippen LogP contribution in [0.25, 0.3) is 0 Å². The Kier molecular flexibility index (Phi) is 4.15. The second-order valence-electron chi connectivity index (χ2n) is 5.58. The quantitative estimate of drug-likeness (QED) is 0.862. The first-order valence-corrected chi connectivity index (χ1v) is 8.54. The fraction of sp³-hybridized carbons (Fsp3) is 0.500. The van der Waals surface area contributed by atoms with Crippen molar-refractivity contribution in [1.82, 2.24) is 0 Å². The summed E-state index contributed by atoms with van der Waals surface area (Å²) in [6.07, 6.45) is 4.72. The molecule has 3 N–H and O–H groups in total. The summed E-state index contributed by atoms with van der Waals surface area (Å²) in [5, 5.41) is 2.79. The fourth-order valence-corrected chi connectivity index (χ4v) is 3.09. The third-order valence-electron chi connectivity index (χ3n) is 3.95. The van der Waals surface area contributed by atoms with E-state index in [-0.39, 0.29) is 16.2 Å². The van der Waals surface area contributed by atoms with Crippen LogP contribution in [0.4, 0.5) is 5.69 Å². The topological polar surface area (TPSA) is 89.3 Å². The third kappa shape index (κ3) is 3.37. The van der Waals surface area contributed by atoms with Crippen molar-refractivity contribution in [2.24, 2.45) is 11.1 Å². The molecule has 1 aromatic carbocycles. The van der Waals surface area contributed by atoms with E-state index in [2.05, 4.69) is 5.32 Å². The normalized spacial score (nSPS) is 17.3. The van der Waals surface area contributed by atoms with Gasteiger partial charge in [-0.2, -0.15) is 0 Å². The first-order chi connectivity index (χ1) is 9.35. The Bertz CT molecular complexity index is 584. The van der Waals surface area contributed by atoms with E-state index in [1.165, 1.54) is 12.1 Å². The molecule has 5 nitrogen and oxygen atoms in total. The van der Waals surface area contributed by atoms with Gasteiger partial charge in [0, 0.05) is 18.4 Å². The summed E-state index contributed by atoms with van der Waals surface area (Å²) in [6, 6.07) is 6.19. The highest BCUT2D eigenvalue weighted by atomic mass is 32.2. The van der Waals surface area contributed by atoms with Gasteiger partial charge in [0.05, 0.1) is 4.90 Å². The van der Waals surface area contributed by atoms with Crippen LogP contribution in [0.3, 0.4) is 0 Å². The van der Waals surface area contributed by atoms with Crippen LogP contribution in [-0.2, 0) is 14.6 Å². The van der Waals surface area contributed by atoms with Crippen molar-refractivity contribution in [1.29, 1.82) is 0 Å². The molecule has 20 heavy (non-hydrogen) atoms. The molecule has 1 aromatic rings. The molecule has 1 amide bonds. The fourth-order valence-electron chi connectivity index (χ4n) is 2.46. The average Bonchev–Trinajstić information content (AvgIpc) is 2.33. The molecule has 1 aliphatic rings. The Morgan fingerprint density at radius 1 is 1.30 bits per heavy atom. The minimum absolute atomic E-state index is 0.0310. The van der Waals surface area contributed by atoms with Gasteiger partial charge in [0.2, 0.25) is 5.91 Å². The molecule has 1 aliphatic carbocycles. The average molecular weight is 296 g/mol. The van der Waals surface area contributed by atoms with Crippen LogP contribution in [0.5, 0.6) is 0 Å². The number of hydrogen-bond donors (Lipinski definition) is 2. The molecule has 0 heterocycles. The van der Waals surface area contributed by atoms with Gasteiger partial charge in [-0.05, 0) is 49.1 Å². The molecule has 2 rings (SSSR count). The molecule has 0 aromatic heterocycles. The second kappa shape index (κ2) is 5.54. The lowest BCUT2D eigenvalue weighted by molar-refractivity contribution is -0.119. The van der Waals surface area contributed by atoms with Crippen LogP contribution in [0.2, 0.25) is 0 Å². The first-order valence-electron chi connectivity index (χ1n) is 6.65. The van der Waals surface area contributed by atoms with Crippen molar-refractivity contribution in [3.05, 3.63) is 24.3 Å². The van der Waals surface area contributed by atoms with E-state index in [1.807, 2.05) is 0 Å². The van der Waals surface area contributed by atoms with Gasteiger partial charge >= 0.3 is 0 Å². The zero-order chi connectivity index (χ0) is 14.8. The Morgan fingerprint density at radius 2 is 1.90 bits per heavy atom. The molecule has 6 heteroatoms. The second-order valence-corrected chi connectivity index (χ2v) is 7.59. The Labute approximate surface area is 119 Å². The van der Waals surface area contributed by atoms with Gasteiger partial charge in [-0.15, -0.1) is 0 Å². The summed E-state index contributed by atoms with van der Waals surface area (Å²) in [7, 11) is -3.20. The molecular weight excluding hydrogens is 276 g/mol. The number of nitrogens with one attached hydrogen (secondary N) is 1. The lowest BCUT2D eigenvalue weighted by atomic mass is 9.66. The lowest BCUT2D eigenvalue weighted by Crippen LogP contribution is -2.40. The molecule has 0 bridgehead atoms. The highest BCUT2D eigenvalue weighted by Gasteiger charge is 2.37. The molecule has 0 atom stereocenters. The van der Waals surface area contributed by atoms with Gasteiger partial charge in [0.15, 0.2) is 9.84 Å². The van der Waals surface area contributed by atoms with Gasteiger partial charge in [-0.3, -0.25) is 4.79 Å². The van der Waals surface area contributed by atoms with E-state index in [0.717, 1.165) is 25.5 Å². The maximum Gasteiger partial charge on any atom is 0.224 e. The monoisotopic (exact) mass is 296 g/mol. The maximum atomic E-state index is 12.0. The number of hydrogen-bond acceptors (Lipinski definition) is 4. The number of rotatable bonds is 5. The standard InChI is InChI=1S/C14H20N2O3S/c1-20(18,19)12-5-3-11(4-6-12)16-13(17)9-14(10-15)7-2-8-14/h3-6H,2,7-10,15H2,1H3,(H,16,17). The van der Waals surface area contributed by atoms with Crippen molar-refractivity contribution in [2.75, 3.05) is 18.1 Å². The SMILES string of the molecule is CS(=O)(=O)c1ccc(NC(=O)CC2(CN)CCC2)cc1. The smallest absolute Gasteiger partial charge is 0.224 e. The number of amides is 1. The maximum absolute atomic E-state index is 12.0. The lowest BCUT2D eigenvalue weighted by Gasteiger charge is -2.40. The van der Waals surface area contributed by atoms with Gasteiger partial charge in [0.1, 0.15) is 0 Å². The molecule has 1 fully saturated rings. The van der Waals surface area contributed by atoms with E-state index in [0.29, 0.717) is 18.7 Å². The number of carbonyl (C=O) groups excluding carboxylic acids is 1. The van der Waals surface area contributed by atoms with Crippen molar-refractivity contribution in [3.8, 4) is 0 Å². The minimum Gasteiger partial charge on any atom is -0.330 e. The van der Waals surface area contributed by atoms with Crippen LogP contribution in [0, 0.1) is 5.41 Å². The summed E-state index contributed by atoms with van der Waals surface area (Å²) in [4.78, 5) is 12.2. The van der Waals surface area contributed by atoms with Crippen molar-refractivity contribution < 1.29 is 13.2 Å². The van der Waals surface area contributed by atoms with E-state index in [4.69, 9.17) is 5.73 Å². The van der Waals surface area contributed by atoms with Crippen molar-refractivity contribution >= 4 is 21.4 Å². The van der Waals surface area contributed by atoms with E-state index >= 15 is 0 Å². The summed E-state index contributed by atoms with van der Waals surface area (Å²) >= 11 is 0. The molecule has 0 spiro atoms. The van der Waals surface area contributed by atoms with E-state index < -0.39 is 9.84 Å². The Balaban J connectivity index is 1.98. The number of carbonyl (C=O) groups is 1. The molecule has 1 saturated carbocycles. The van der Waals surface area contributed by atoms with Crippen molar-refractivity contribution in [2.45, 2.75) is 30.6 Å². The largest absolute Gasteiger partial charge is 0.330 e. The zero-order valence-corrected chi connectivity index (χ0v) is 12.4. The first kappa shape index (κ1) is 15.0. The van der Waals surface area contributed by atoms with Crippen LogP contribution in [0.1, 0.15) is 25.7 Å². The molecule has 0 radical (unpaired) electrons. The molecular formula is C14H20N2O3S. The summed E-state index contributed by atoms with van der Waals surface area (Å²) < 4.78 is 22.7.